The van der Waals surface area contributed by atoms with Gasteiger partial charge in [-0.25, -0.2) is 4.39 Å². The predicted molar refractivity (Wildman–Crippen MR) is 75.2 cm³/mol. The molecule has 2 rings (SSSR count). The van der Waals surface area contributed by atoms with Crippen LogP contribution in [-0.4, -0.2) is 40.9 Å². The summed E-state index contributed by atoms with van der Waals surface area (Å²) in [5, 5.41) is 24.9. The topological polar surface area (TPSA) is 109 Å². The van der Waals surface area contributed by atoms with Gasteiger partial charge in [0.15, 0.2) is 0 Å². The van der Waals surface area contributed by atoms with Crippen molar-refractivity contribution in [2.24, 2.45) is 0 Å². The van der Waals surface area contributed by atoms with E-state index < -0.39 is 5.82 Å². The van der Waals surface area contributed by atoms with Crippen LogP contribution in [0.1, 0.15) is 5.82 Å². The van der Waals surface area contributed by atoms with Gasteiger partial charge in [0.25, 0.3) is 0 Å². The molecule has 0 spiro atoms. The molecule has 0 aliphatic rings. The fraction of sp³-hybridized carbons (Fsp3) is 0.231. The van der Waals surface area contributed by atoms with Gasteiger partial charge in [-0.3, -0.25) is 0 Å². The Bertz CT molecular complexity index is 680. The van der Waals surface area contributed by atoms with Crippen molar-refractivity contribution in [3.05, 3.63) is 36.0 Å². The zero-order valence-corrected chi connectivity index (χ0v) is 11.7. The highest BCUT2D eigenvalue weighted by Gasteiger charge is 2.08. The summed E-state index contributed by atoms with van der Waals surface area (Å²) >= 11 is 0. The van der Waals surface area contributed by atoms with Crippen LogP contribution in [0.3, 0.4) is 0 Å². The number of anilines is 1. The Kier molecular flexibility index (Phi) is 5.39. The normalized spacial score (nSPS) is 11.0. The minimum Gasteiger partial charge on any atom is -0.489 e. The van der Waals surface area contributed by atoms with Crippen LogP contribution >= 0.6 is 0 Å². The smallest absolute Gasteiger partial charge is 0.216 e. The van der Waals surface area contributed by atoms with Gasteiger partial charge in [-0.1, -0.05) is 0 Å². The molecule has 114 valence electrons. The van der Waals surface area contributed by atoms with Gasteiger partial charge in [-0.2, -0.15) is 10.5 Å². The predicted octanol–water partition coefficient (Wildman–Crippen LogP) is 1.34. The molecule has 0 amide bonds. The molecule has 0 unspecified atom stereocenters. The van der Waals surface area contributed by atoms with Crippen LogP contribution in [0.4, 0.5) is 10.1 Å². The molecule has 2 aromatic rings. The number of nitriles is 1. The van der Waals surface area contributed by atoms with Crippen molar-refractivity contribution in [1.29, 1.82) is 5.26 Å². The second-order valence-corrected chi connectivity index (χ2v) is 4.03. The molecule has 0 atom stereocenters. The standard InChI is InChI=1S/C13H13FN6O2/c1-21-4-5-22-12-3-2-10(14)6-11(12)16-8-9(7-15)13-17-19-20-18-13/h2-3,6,8,16H,4-5H2,1H3,(H,17,18,19,20). The summed E-state index contributed by atoms with van der Waals surface area (Å²) in [6.45, 7) is 0.718. The van der Waals surface area contributed by atoms with Crippen molar-refractivity contribution < 1.29 is 13.9 Å². The molecule has 9 heteroatoms. The molecule has 1 aromatic carbocycles. The van der Waals surface area contributed by atoms with Crippen LogP contribution < -0.4 is 10.1 Å². The fourth-order valence-corrected chi connectivity index (χ4v) is 1.55. The Balaban J connectivity index is 2.17. The van der Waals surface area contributed by atoms with Crippen LogP contribution in [0.15, 0.2) is 24.4 Å². The lowest BCUT2D eigenvalue weighted by Crippen LogP contribution is -2.06. The second-order valence-electron chi connectivity index (χ2n) is 4.03. The van der Waals surface area contributed by atoms with Crippen LogP contribution in [0, 0.1) is 17.1 Å². The lowest BCUT2D eigenvalue weighted by molar-refractivity contribution is 0.146. The van der Waals surface area contributed by atoms with E-state index in [1.807, 2.05) is 6.07 Å². The Labute approximate surface area is 125 Å². The molecular weight excluding hydrogens is 291 g/mol. The quantitative estimate of drug-likeness (QED) is 0.587. The number of halogens is 1. The van der Waals surface area contributed by atoms with E-state index in [0.29, 0.717) is 24.7 Å². The number of benzene rings is 1. The summed E-state index contributed by atoms with van der Waals surface area (Å²) in [5.41, 5.74) is 0.508. The second kappa shape index (κ2) is 7.70. The van der Waals surface area contributed by atoms with Crippen LogP contribution in [0.25, 0.3) is 5.57 Å². The third-order valence-corrected chi connectivity index (χ3v) is 2.57. The number of aromatic nitrogens is 4. The van der Waals surface area contributed by atoms with E-state index in [2.05, 4.69) is 25.9 Å². The summed E-state index contributed by atoms with van der Waals surface area (Å²) in [4.78, 5) is 0. The summed E-state index contributed by atoms with van der Waals surface area (Å²) in [7, 11) is 1.56. The first-order chi connectivity index (χ1) is 10.7. The van der Waals surface area contributed by atoms with Gasteiger partial charge in [-0.15, -0.1) is 10.2 Å². The van der Waals surface area contributed by atoms with E-state index >= 15 is 0 Å². The first-order valence-electron chi connectivity index (χ1n) is 6.26. The maximum Gasteiger partial charge on any atom is 0.216 e. The Morgan fingerprint density at radius 2 is 2.36 bits per heavy atom. The maximum atomic E-state index is 13.4. The van der Waals surface area contributed by atoms with Gasteiger partial charge < -0.3 is 14.8 Å². The largest absolute Gasteiger partial charge is 0.489 e. The molecule has 0 radical (unpaired) electrons. The minimum absolute atomic E-state index is 0.133. The van der Waals surface area contributed by atoms with Gasteiger partial charge in [0, 0.05) is 19.4 Å². The Morgan fingerprint density at radius 3 is 3.05 bits per heavy atom. The van der Waals surface area contributed by atoms with Crippen LogP contribution in [-0.2, 0) is 4.74 Å². The zero-order chi connectivity index (χ0) is 15.8. The highest BCUT2D eigenvalue weighted by Crippen LogP contribution is 2.26. The first kappa shape index (κ1) is 15.4. The number of ether oxygens (including phenoxy) is 2. The summed E-state index contributed by atoms with van der Waals surface area (Å²) in [6.07, 6.45) is 1.35. The Hall–Kier alpha value is -2.99. The first-order valence-corrected chi connectivity index (χ1v) is 6.26. The molecule has 0 saturated carbocycles. The van der Waals surface area contributed by atoms with Crippen molar-refractivity contribution >= 4 is 11.3 Å². The summed E-state index contributed by atoms with van der Waals surface area (Å²) in [6, 6.07) is 5.94. The van der Waals surface area contributed by atoms with Crippen LogP contribution in [0.2, 0.25) is 0 Å². The number of allylic oxidation sites excluding steroid dienone is 1. The number of H-pyrrole nitrogens is 1. The van der Waals surface area contributed by atoms with Gasteiger partial charge in [0.1, 0.15) is 29.8 Å². The zero-order valence-electron chi connectivity index (χ0n) is 11.7. The SMILES string of the molecule is COCCOc1ccc(F)cc1NC=C(C#N)c1nn[nH]n1. The average molecular weight is 304 g/mol. The van der Waals surface area contributed by atoms with E-state index in [1.54, 1.807) is 7.11 Å². The fourth-order valence-electron chi connectivity index (χ4n) is 1.55. The van der Waals surface area contributed by atoms with Gasteiger partial charge >= 0.3 is 0 Å². The van der Waals surface area contributed by atoms with Crippen LogP contribution in [0.5, 0.6) is 5.75 Å². The van der Waals surface area contributed by atoms with Crippen molar-refractivity contribution in [2.75, 3.05) is 25.6 Å². The maximum absolute atomic E-state index is 13.4. The molecule has 2 N–H and O–H groups in total. The van der Waals surface area contributed by atoms with E-state index in [9.17, 15) is 4.39 Å². The number of nitrogens with zero attached hydrogens (tertiary/aromatic N) is 4. The Morgan fingerprint density at radius 1 is 1.50 bits per heavy atom. The molecule has 0 saturated heterocycles. The van der Waals surface area contributed by atoms with E-state index in [4.69, 9.17) is 14.7 Å². The summed E-state index contributed by atoms with van der Waals surface area (Å²) < 4.78 is 23.7. The average Bonchev–Trinajstić information content (AvgIpc) is 3.04. The molecule has 8 nitrogen and oxygen atoms in total. The summed E-state index contributed by atoms with van der Waals surface area (Å²) in [5.74, 6) is 0.126. The van der Waals surface area contributed by atoms with Gasteiger partial charge in [0.2, 0.25) is 5.82 Å². The molecule has 1 heterocycles. The van der Waals surface area contributed by atoms with E-state index in [-0.39, 0.29) is 11.4 Å². The van der Waals surface area contributed by atoms with Crippen molar-refractivity contribution in [2.45, 2.75) is 0 Å². The number of hydrogen-bond acceptors (Lipinski definition) is 7. The molecule has 0 fully saturated rings. The molecule has 0 bridgehead atoms. The number of aromatic amines is 1. The van der Waals surface area contributed by atoms with Gasteiger partial charge in [-0.05, 0) is 17.3 Å². The number of tetrazole rings is 1. The van der Waals surface area contributed by atoms with E-state index in [1.165, 1.54) is 24.4 Å². The van der Waals surface area contributed by atoms with Crippen molar-refractivity contribution in [3.63, 3.8) is 0 Å². The minimum atomic E-state index is -0.437. The highest BCUT2D eigenvalue weighted by molar-refractivity contribution is 5.74. The third kappa shape index (κ3) is 4.00. The highest BCUT2D eigenvalue weighted by atomic mass is 19.1. The number of nitrogens with one attached hydrogen (secondary N) is 2. The molecule has 0 aliphatic carbocycles. The van der Waals surface area contributed by atoms with Crippen molar-refractivity contribution in [3.8, 4) is 11.8 Å². The van der Waals surface area contributed by atoms with Crippen molar-refractivity contribution in [1.82, 2.24) is 20.6 Å². The third-order valence-electron chi connectivity index (χ3n) is 2.57. The lowest BCUT2D eigenvalue weighted by Gasteiger charge is -2.11. The molecule has 1 aromatic heterocycles. The van der Waals surface area contributed by atoms with Gasteiger partial charge in [0.05, 0.1) is 12.3 Å². The molecule has 0 aliphatic heterocycles. The molecular formula is C13H13FN6O2. The monoisotopic (exact) mass is 304 g/mol. The number of rotatable bonds is 7. The lowest BCUT2D eigenvalue weighted by atomic mass is 10.2. The molecule has 22 heavy (non-hydrogen) atoms. The number of methoxy groups -OCH3 is 1. The number of hydrogen-bond donors (Lipinski definition) is 2. The van der Waals surface area contributed by atoms with E-state index in [0.717, 1.165) is 0 Å².